The molecular formula is C20H28N6O2. The Balaban J connectivity index is 1.25. The molecule has 0 aliphatic carbocycles. The highest BCUT2D eigenvalue weighted by molar-refractivity contribution is 5.91. The fourth-order valence-corrected chi connectivity index (χ4v) is 3.75. The summed E-state index contributed by atoms with van der Waals surface area (Å²) < 4.78 is 7.56. The van der Waals surface area contributed by atoms with Crippen LogP contribution < -0.4 is 15.4 Å². The second-order valence-electron chi connectivity index (χ2n) is 7.48. The van der Waals surface area contributed by atoms with Gasteiger partial charge in [-0.25, -0.2) is 0 Å². The van der Waals surface area contributed by atoms with Crippen molar-refractivity contribution in [3.05, 3.63) is 41.7 Å². The molecular weight excluding hydrogens is 356 g/mol. The van der Waals surface area contributed by atoms with Crippen molar-refractivity contribution >= 4 is 5.91 Å². The maximum atomic E-state index is 12.5. The molecule has 2 aromatic rings. The lowest BCUT2D eigenvalue weighted by atomic mass is 9.97. The molecule has 1 fully saturated rings. The molecule has 0 unspecified atom stereocenters. The van der Waals surface area contributed by atoms with E-state index in [0.29, 0.717) is 24.8 Å². The number of benzene rings is 1. The van der Waals surface area contributed by atoms with E-state index < -0.39 is 0 Å². The molecule has 3 heterocycles. The lowest BCUT2D eigenvalue weighted by molar-refractivity contribution is 0.0940. The fraction of sp³-hybridized carbons (Fsp3) is 0.550. The monoisotopic (exact) mass is 384 g/mol. The first kappa shape index (κ1) is 18.9. The summed E-state index contributed by atoms with van der Waals surface area (Å²) in [6.45, 7) is 7.13. The SMILES string of the molecule is O=C(NC[C@H]1CCOc2ccccc2C1)c1cn(CCN2CCNCC2)nn1. The maximum absolute atomic E-state index is 12.5. The third kappa shape index (κ3) is 4.88. The van der Waals surface area contributed by atoms with E-state index in [1.807, 2.05) is 18.2 Å². The summed E-state index contributed by atoms with van der Waals surface area (Å²) in [6.07, 6.45) is 3.57. The van der Waals surface area contributed by atoms with Crippen LogP contribution in [0.4, 0.5) is 0 Å². The number of amides is 1. The van der Waals surface area contributed by atoms with E-state index in [9.17, 15) is 4.79 Å². The average Bonchev–Trinajstić information content (AvgIpc) is 3.11. The van der Waals surface area contributed by atoms with Crippen molar-refractivity contribution in [1.29, 1.82) is 0 Å². The summed E-state index contributed by atoms with van der Waals surface area (Å²) in [4.78, 5) is 14.9. The predicted molar refractivity (Wildman–Crippen MR) is 105 cm³/mol. The van der Waals surface area contributed by atoms with Crippen molar-refractivity contribution in [3.63, 3.8) is 0 Å². The van der Waals surface area contributed by atoms with E-state index in [0.717, 1.165) is 57.9 Å². The summed E-state index contributed by atoms with van der Waals surface area (Å²) in [5, 5.41) is 14.5. The number of fused-ring (bicyclic) bond motifs is 1. The molecule has 4 rings (SSSR count). The minimum Gasteiger partial charge on any atom is -0.493 e. The van der Waals surface area contributed by atoms with Gasteiger partial charge in [-0.1, -0.05) is 23.4 Å². The number of piperazine rings is 1. The van der Waals surface area contributed by atoms with Crippen LogP contribution in [0.15, 0.2) is 30.5 Å². The third-order valence-electron chi connectivity index (χ3n) is 5.44. The van der Waals surface area contributed by atoms with E-state index >= 15 is 0 Å². The molecule has 1 amide bonds. The van der Waals surface area contributed by atoms with Crippen molar-refractivity contribution in [1.82, 2.24) is 30.5 Å². The van der Waals surface area contributed by atoms with Gasteiger partial charge in [0.25, 0.3) is 5.91 Å². The number of para-hydroxylation sites is 1. The van der Waals surface area contributed by atoms with Gasteiger partial charge >= 0.3 is 0 Å². The predicted octanol–water partition coefficient (Wildman–Crippen LogP) is 0.555. The lowest BCUT2D eigenvalue weighted by Gasteiger charge is -2.26. The highest BCUT2D eigenvalue weighted by Gasteiger charge is 2.19. The largest absolute Gasteiger partial charge is 0.493 e. The van der Waals surface area contributed by atoms with Crippen LogP contribution in [0.5, 0.6) is 5.75 Å². The Kier molecular flexibility index (Phi) is 6.18. The Morgan fingerprint density at radius 3 is 3.00 bits per heavy atom. The van der Waals surface area contributed by atoms with Gasteiger partial charge in [0.15, 0.2) is 5.69 Å². The zero-order chi connectivity index (χ0) is 19.2. The number of nitrogens with one attached hydrogen (secondary N) is 2. The number of rotatable bonds is 6. The summed E-state index contributed by atoms with van der Waals surface area (Å²) >= 11 is 0. The van der Waals surface area contributed by atoms with Crippen LogP contribution in [0.3, 0.4) is 0 Å². The van der Waals surface area contributed by atoms with Gasteiger partial charge in [-0.3, -0.25) is 14.4 Å². The van der Waals surface area contributed by atoms with Gasteiger partial charge in [-0.2, -0.15) is 0 Å². The number of carbonyl (C=O) groups is 1. The molecule has 2 aliphatic heterocycles. The molecule has 0 spiro atoms. The normalized spacial score (nSPS) is 20.1. The van der Waals surface area contributed by atoms with Crippen molar-refractivity contribution in [3.8, 4) is 5.75 Å². The quantitative estimate of drug-likeness (QED) is 0.757. The smallest absolute Gasteiger partial charge is 0.273 e. The van der Waals surface area contributed by atoms with Gasteiger partial charge in [0, 0.05) is 39.3 Å². The van der Waals surface area contributed by atoms with Crippen LogP contribution in [-0.2, 0) is 13.0 Å². The first-order valence-corrected chi connectivity index (χ1v) is 10.1. The van der Waals surface area contributed by atoms with Crippen molar-refractivity contribution in [2.45, 2.75) is 19.4 Å². The Morgan fingerprint density at radius 2 is 2.11 bits per heavy atom. The number of hydrogen-bond donors (Lipinski definition) is 2. The zero-order valence-corrected chi connectivity index (χ0v) is 16.1. The van der Waals surface area contributed by atoms with Gasteiger partial charge in [-0.05, 0) is 30.4 Å². The molecule has 1 saturated heterocycles. The molecule has 0 saturated carbocycles. The Morgan fingerprint density at radius 1 is 1.25 bits per heavy atom. The molecule has 8 nitrogen and oxygen atoms in total. The van der Waals surface area contributed by atoms with Crippen molar-refractivity contribution in [2.75, 3.05) is 45.9 Å². The molecule has 1 aromatic heterocycles. The minimum atomic E-state index is -0.160. The van der Waals surface area contributed by atoms with Crippen LogP contribution in [0, 0.1) is 5.92 Å². The number of nitrogens with zero attached hydrogens (tertiary/aromatic N) is 4. The van der Waals surface area contributed by atoms with E-state index in [1.165, 1.54) is 5.56 Å². The number of aromatic nitrogens is 3. The topological polar surface area (TPSA) is 84.3 Å². The number of hydrogen-bond acceptors (Lipinski definition) is 6. The van der Waals surface area contributed by atoms with Crippen molar-refractivity contribution in [2.24, 2.45) is 5.92 Å². The van der Waals surface area contributed by atoms with E-state index in [1.54, 1.807) is 10.9 Å². The maximum Gasteiger partial charge on any atom is 0.273 e. The summed E-state index contributed by atoms with van der Waals surface area (Å²) in [5.41, 5.74) is 1.59. The molecule has 28 heavy (non-hydrogen) atoms. The van der Waals surface area contributed by atoms with Gasteiger partial charge in [-0.15, -0.1) is 5.10 Å². The van der Waals surface area contributed by atoms with E-state index in [2.05, 4.69) is 31.9 Å². The van der Waals surface area contributed by atoms with Gasteiger partial charge < -0.3 is 15.4 Å². The third-order valence-corrected chi connectivity index (χ3v) is 5.44. The Labute approximate surface area is 165 Å². The summed E-state index contributed by atoms with van der Waals surface area (Å²) in [7, 11) is 0. The molecule has 2 aliphatic rings. The molecule has 8 heteroatoms. The standard InChI is InChI=1S/C20H28N6O2/c27-20(18-15-26(24-23-18)11-10-25-8-6-21-7-9-25)22-14-16-5-12-28-19-4-2-1-3-17(19)13-16/h1-4,15-16,21H,5-14H2,(H,22,27)/t16-/m0/s1. The molecule has 1 aromatic carbocycles. The van der Waals surface area contributed by atoms with E-state index in [-0.39, 0.29) is 5.91 Å². The summed E-state index contributed by atoms with van der Waals surface area (Å²) in [5.74, 6) is 1.16. The number of ether oxygens (including phenoxy) is 1. The van der Waals surface area contributed by atoms with Crippen LogP contribution in [-0.4, -0.2) is 71.7 Å². The lowest BCUT2D eigenvalue weighted by Crippen LogP contribution is -2.44. The Hall–Kier alpha value is -2.45. The van der Waals surface area contributed by atoms with Crippen LogP contribution in [0.2, 0.25) is 0 Å². The summed E-state index contributed by atoms with van der Waals surface area (Å²) in [6, 6.07) is 8.13. The fourth-order valence-electron chi connectivity index (χ4n) is 3.75. The Bertz CT molecular complexity index is 787. The van der Waals surface area contributed by atoms with Crippen LogP contribution in [0.1, 0.15) is 22.5 Å². The van der Waals surface area contributed by atoms with Gasteiger partial charge in [0.05, 0.1) is 19.3 Å². The first-order chi connectivity index (χ1) is 13.8. The first-order valence-electron chi connectivity index (χ1n) is 10.1. The highest BCUT2D eigenvalue weighted by atomic mass is 16.5. The van der Waals surface area contributed by atoms with Crippen LogP contribution >= 0.6 is 0 Å². The molecule has 1 atom stereocenters. The second kappa shape index (κ2) is 9.16. The van der Waals surface area contributed by atoms with Crippen molar-refractivity contribution < 1.29 is 9.53 Å². The molecule has 150 valence electrons. The highest BCUT2D eigenvalue weighted by Crippen LogP contribution is 2.26. The van der Waals surface area contributed by atoms with Crippen LogP contribution in [0.25, 0.3) is 0 Å². The number of carbonyl (C=O) groups excluding carboxylic acids is 1. The second-order valence-corrected chi connectivity index (χ2v) is 7.48. The average molecular weight is 384 g/mol. The molecule has 0 radical (unpaired) electrons. The molecule has 2 N–H and O–H groups in total. The molecule has 0 bridgehead atoms. The minimum absolute atomic E-state index is 0.160. The van der Waals surface area contributed by atoms with E-state index in [4.69, 9.17) is 4.74 Å². The van der Waals surface area contributed by atoms with Gasteiger partial charge in [0.2, 0.25) is 0 Å². The van der Waals surface area contributed by atoms with Gasteiger partial charge in [0.1, 0.15) is 5.75 Å². The zero-order valence-electron chi connectivity index (χ0n) is 16.1.